The van der Waals surface area contributed by atoms with Crippen LogP contribution in [0.1, 0.15) is 69.5 Å². The third-order valence-corrected chi connectivity index (χ3v) is 19.0. The predicted octanol–water partition coefficient (Wildman–Crippen LogP) is 18.7. The zero-order valence-electron chi connectivity index (χ0n) is 42.6. The lowest BCUT2D eigenvalue weighted by Crippen LogP contribution is -2.33. The standard InChI is InChI=1S/C75H48N2/c1-73(2)56-30-11-5-21-46(56)49-42-41-45(43-64(49)73)76(69-44-65-70(52-26-4-3-24-50(52)69)54-27-8-14-33-59(54)74(65)57-31-12-6-22-47(57)48-23-7-13-32-58(48)74)68-40-20-36-62-71(68)55-28-9-15-34-60(55)75(62)61-35-16-18-39-67(61)77-66-38-17-10-25-51(66)53-29-19-37-63(75)72(53)77/h3-44H,1-2H3. The highest BCUT2D eigenvalue weighted by atomic mass is 15.1. The van der Waals surface area contributed by atoms with E-state index in [4.69, 9.17) is 0 Å². The Morgan fingerprint density at radius 3 is 1.49 bits per heavy atom. The predicted molar refractivity (Wildman–Crippen MR) is 318 cm³/mol. The van der Waals surface area contributed by atoms with Gasteiger partial charge in [0.1, 0.15) is 0 Å². The number of fused-ring (bicyclic) bond motifs is 27. The van der Waals surface area contributed by atoms with E-state index in [9.17, 15) is 0 Å². The molecule has 2 nitrogen and oxygen atoms in total. The second-order valence-corrected chi connectivity index (χ2v) is 22.6. The van der Waals surface area contributed by atoms with Gasteiger partial charge in [-0.25, -0.2) is 0 Å². The molecule has 0 bridgehead atoms. The molecular formula is C75H48N2. The third-order valence-electron chi connectivity index (χ3n) is 19.0. The highest BCUT2D eigenvalue weighted by Gasteiger charge is 2.54. The van der Waals surface area contributed by atoms with E-state index < -0.39 is 10.8 Å². The minimum atomic E-state index is -0.612. The molecule has 0 amide bonds. The SMILES string of the molecule is CC1(C)c2ccccc2-c2ccc(N(c3cccc4c3-c3ccccc3C43c4ccccc4-n4c5ccccc5c5cccc3c54)c3cc4c(c5ccccc35)-c3ccccc3C43c4ccccc4-c4ccccc43)cc21. The van der Waals surface area contributed by atoms with Gasteiger partial charge in [-0.2, -0.15) is 0 Å². The van der Waals surface area contributed by atoms with Crippen molar-refractivity contribution >= 4 is 49.6 Å². The molecule has 0 N–H and O–H groups in total. The highest BCUT2D eigenvalue weighted by molar-refractivity contribution is 6.15. The van der Waals surface area contributed by atoms with Crippen LogP contribution >= 0.6 is 0 Å². The van der Waals surface area contributed by atoms with Crippen molar-refractivity contribution in [2.24, 2.45) is 0 Å². The van der Waals surface area contributed by atoms with Crippen molar-refractivity contribution in [3.8, 4) is 50.2 Å². The van der Waals surface area contributed by atoms with Gasteiger partial charge in [0.2, 0.25) is 0 Å². The summed E-state index contributed by atoms with van der Waals surface area (Å²) in [6.07, 6.45) is 0. The molecule has 13 aromatic rings. The van der Waals surface area contributed by atoms with Crippen molar-refractivity contribution in [2.75, 3.05) is 4.90 Å². The Labute approximate surface area is 447 Å². The number of rotatable bonds is 3. The molecule has 18 rings (SSSR count). The van der Waals surface area contributed by atoms with Crippen molar-refractivity contribution in [1.29, 1.82) is 0 Å². The first-order valence-corrected chi connectivity index (χ1v) is 27.3. The second-order valence-electron chi connectivity index (χ2n) is 22.6. The van der Waals surface area contributed by atoms with Crippen molar-refractivity contribution in [2.45, 2.75) is 30.1 Å². The molecule has 5 aliphatic rings. The summed E-state index contributed by atoms with van der Waals surface area (Å²) < 4.78 is 2.55. The van der Waals surface area contributed by atoms with Gasteiger partial charge in [0.25, 0.3) is 0 Å². The molecule has 0 radical (unpaired) electrons. The summed E-state index contributed by atoms with van der Waals surface area (Å²) in [6, 6.07) is 97.7. The fourth-order valence-electron chi connectivity index (χ4n) is 16.1. The first-order chi connectivity index (χ1) is 38.0. The molecule has 358 valence electrons. The summed E-state index contributed by atoms with van der Waals surface area (Å²) >= 11 is 0. The number of benzene rings is 12. The van der Waals surface area contributed by atoms with Crippen LogP contribution in [0.2, 0.25) is 0 Å². The number of hydrogen-bond donors (Lipinski definition) is 0. The zero-order chi connectivity index (χ0) is 50.5. The fraction of sp³-hybridized carbons (Fsp3) is 0.0667. The maximum absolute atomic E-state index is 2.67. The van der Waals surface area contributed by atoms with E-state index in [1.54, 1.807) is 0 Å². The molecule has 1 aliphatic heterocycles. The molecule has 12 aromatic carbocycles. The number of para-hydroxylation sites is 3. The Morgan fingerprint density at radius 1 is 0.299 bits per heavy atom. The van der Waals surface area contributed by atoms with Gasteiger partial charge in [0, 0.05) is 32.8 Å². The minimum absolute atomic E-state index is 0.213. The molecule has 0 fully saturated rings. The number of nitrogens with zero attached hydrogens (tertiary/aromatic N) is 2. The van der Waals surface area contributed by atoms with E-state index in [0.717, 1.165) is 11.4 Å². The van der Waals surface area contributed by atoms with E-state index >= 15 is 0 Å². The van der Waals surface area contributed by atoms with Crippen LogP contribution in [0, 0.1) is 0 Å². The molecule has 2 heteroatoms. The van der Waals surface area contributed by atoms with Crippen molar-refractivity contribution < 1.29 is 0 Å². The quantitative estimate of drug-likeness (QED) is 0.171. The normalized spacial score (nSPS) is 16.4. The number of aromatic nitrogens is 1. The van der Waals surface area contributed by atoms with Gasteiger partial charge in [-0.15, -0.1) is 0 Å². The lowest BCUT2D eigenvalue weighted by molar-refractivity contribution is 0.660. The minimum Gasteiger partial charge on any atom is -0.309 e. The molecule has 77 heavy (non-hydrogen) atoms. The van der Waals surface area contributed by atoms with Gasteiger partial charge >= 0.3 is 0 Å². The van der Waals surface area contributed by atoms with E-state index in [1.807, 2.05) is 0 Å². The van der Waals surface area contributed by atoms with E-state index in [0.29, 0.717) is 0 Å². The highest BCUT2D eigenvalue weighted by Crippen LogP contribution is 2.67. The summed E-state index contributed by atoms with van der Waals surface area (Å²) in [5, 5.41) is 5.04. The topological polar surface area (TPSA) is 8.17 Å². The van der Waals surface area contributed by atoms with E-state index in [1.165, 1.54) is 144 Å². The van der Waals surface area contributed by atoms with Crippen LogP contribution in [0.15, 0.2) is 255 Å². The van der Waals surface area contributed by atoms with Gasteiger partial charge in [0.15, 0.2) is 0 Å². The monoisotopic (exact) mass is 976 g/mol. The van der Waals surface area contributed by atoms with E-state index in [2.05, 4.69) is 278 Å². The van der Waals surface area contributed by atoms with E-state index in [-0.39, 0.29) is 5.41 Å². The van der Waals surface area contributed by atoms with Crippen molar-refractivity contribution in [1.82, 2.24) is 4.57 Å². The first-order valence-electron chi connectivity index (χ1n) is 27.3. The summed E-state index contributed by atoms with van der Waals surface area (Å²) in [7, 11) is 0. The van der Waals surface area contributed by atoms with Gasteiger partial charge in [-0.05, 0) is 136 Å². The fourth-order valence-corrected chi connectivity index (χ4v) is 16.1. The lowest BCUT2D eigenvalue weighted by Gasteiger charge is -2.40. The average Bonchev–Trinajstić information content (AvgIpc) is 4.41. The third kappa shape index (κ3) is 4.82. The van der Waals surface area contributed by atoms with Gasteiger partial charge < -0.3 is 9.47 Å². The van der Waals surface area contributed by atoms with Crippen LogP contribution in [-0.2, 0) is 16.2 Å². The Morgan fingerprint density at radius 2 is 0.779 bits per heavy atom. The van der Waals surface area contributed by atoms with Crippen LogP contribution in [0.4, 0.5) is 17.1 Å². The molecular weight excluding hydrogens is 929 g/mol. The summed E-state index contributed by atoms with van der Waals surface area (Å²) in [5.74, 6) is 0. The molecule has 1 unspecified atom stereocenters. The van der Waals surface area contributed by atoms with Crippen LogP contribution in [0.25, 0.3) is 82.8 Å². The largest absolute Gasteiger partial charge is 0.309 e. The Balaban J connectivity index is 0.990. The number of hydrogen-bond acceptors (Lipinski definition) is 1. The second kappa shape index (κ2) is 14.5. The van der Waals surface area contributed by atoms with Crippen LogP contribution in [-0.4, -0.2) is 4.57 Å². The lowest BCUT2D eigenvalue weighted by atomic mass is 9.65. The zero-order valence-corrected chi connectivity index (χ0v) is 42.6. The summed E-state index contributed by atoms with van der Waals surface area (Å²) in [6.45, 7) is 4.82. The summed E-state index contributed by atoms with van der Waals surface area (Å²) in [5.41, 5.74) is 29.6. The van der Waals surface area contributed by atoms with Crippen molar-refractivity contribution in [3.05, 3.63) is 310 Å². The first kappa shape index (κ1) is 41.8. The van der Waals surface area contributed by atoms with Gasteiger partial charge in [-0.3, -0.25) is 0 Å². The van der Waals surface area contributed by atoms with Crippen LogP contribution < -0.4 is 4.90 Å². The van der Waals surface area contributed by atoms with Gasteiger partial charge in [0.05, 0.1) is 38.9 Å². The molecule has 1 atom stereocenters. The molecule has 2 spiro atoms. The van der Waals surface area contributed by atoms with Crippen molar-refractivity contribution in [3.63, 3.8) is 0 Å². The molecule has 1 aromatic heterocycles. The smallest absolute Gasteiger partial charge is 0.0755 e. The maximum Gasteiger partial charge on any atom is 0.0755 e. The Bertz CT molecular complexity index is 4770. The number of anilines is 3. The van der Waals surface area contributed by atoms with Crippen LogP contribution in [0.3, 0.4) is 0 Å². The average molecular weight is 977 g/mol. The summed E-state index contributed by atoms with van der Waals surface area (Å²) in [4.78, 5) is 2.67. The van der Waals surface area contributed by atoms with Gasteiger partial charge in [-0.1, -0.05) is 232 Å². The molecule has 0 saturated heterocycles. The van der Waals surface area contributed by atoms with Crippen LogP contribution in [0.5, 0.6) is 0 Å². The maximum atomic E-state index is 2.67. The molecule has 4 aliphatic carbocycles. The Kier molecular flexibility index (Phi) is 7.85. The molecule has 2 heterocycles. The Hall–Kier alpha value is -9.50. The molecule has 0 saturated carbocycles.